The predicted octanol–water partition coefficient (Wildman–Crippen LogP) is 23.2. The van der Waals surface area contributed by atoms with Crippen LogP contribution in [0.1, 0.15) is 362 Å². The number of hydrogen-bond donors (Lipinski definition) is 3. The fourth-order valence-corrected chi connectivity index (χ4v) is 12.5. The number of aliphatic hydroxyl groups is 1. The summed E-state index contributed by atoms with van der Waals surface area (Å²) in [6.45, 7) is 4.82. The fraction of sp³-hybridized carbons (Fsp3) is 0.802. The highest BCUT2D eigenvalue weighted by Crippen LogP contribution is 2.45. The molecule has 17 nitrogen and oxygen atoms in total. The maximum Gasteiger partial charge on any atom is 0.472 e. The number of hydrogen-bond acceptors (Lipinski definition) is 15. The molecule has 0 rings (SSSR count). The van der Waals surface area contributed by atoms with Gasteiger partial charge in [-0.15, -0.1) is 0 Å². The summed E-state index contributed by atoms with van der Waals surface area (Å²) in [6, 6.07) is 0. The van der Waals surface area contributed by atoms with E-state index in [9.17, 15) is 43.2 Å². The Kier molecular flexibility index (Phi) is 71.2. The van der Waals surface area contributed by atoms with Gasteiger partial charge in [0.25, 0.3) is 0 Å². The first-order valence-electron chi connectivity index (χ1n) is 40.2. The summed E-state index contributed by atoms with van der Waals surface area (Å²) in [6.07, 6.45) is 74.4. The molecule has 0 amide bonds. The van der Waals surface area contributed by atoms with Crippen molar-refractivity contribution in [1.29, 1.82) is 0 Å². The highest BCUT2D eigenvalue weighted by atomic mass is 31.2. The van der Waals surface area contributed by atoms with Crippen LogP contribution in [0.4, 0.5) is 0 Å². The van der Waals surface area contributed by atoms with E-state index in [2.05, 4.69) is 101 Å². The van der Waals surface area contributed by atoms with Crippen LogP contribution in [-0.4, -0.2) is 96.7 Å². The molecular formula is C81H146O17P2. The van der Waals surface area contributed by atoms with E-state index in [1.165, 1.54) is 89.9 Å². The second-order valence-electron chi connectivity index (χ2n) is 27.0. The van der Waals surface area contributed by atoms with Crippen molar-refractivity contribution in [3.63, 3.8) is 0 Å². The minimum atomic E-state index is -4.98. The lowest BCUT2D eigenvalue weighted by Crippen LogP contribution is -2.30. The molecule has 0 saturated heterocycles. The van der Waals surface area contributed by atoms with Crippen LogP contribution in [0.25, 0.3) is 0 Å². The van der Waals surface area contributed by atoms with E-state index in [4.69, 9.17) is 37.0 Å². The van der Waals surface area contributed by atoms with E-state index in [0.717, 1.165) is 193 Å². The Morgan fingerprint density at radius 3 is 0.770 bits per heavy atom. The van der Waals surface area contributed by atoms with Crippen LogP contribution in [0, 0.1) is 0 Å². The van der Waals surface area contributed by atoms with E-state index in [0.29, 0.717) is 25.7 Å². The van der Waals surface area contributed by atoms with Gasteiger partial charge in [0.2, 0.25) is 0 Å². The van der Waals surface area contributed by atoms with Gasteiger partial charge >= 0.3 is 39.5 Å². The Morgan fingerprint density at radius 2 is 0.490 bits per heavy atom. The molecule has 2 unspecified atom stereocenters. The number of phosphoric acid groups is 2. The van der Waals surface area contributed by atoms with Gasteiger partial charge in [-0.2, -0.15) is 0 Å². The average molecular weight is 1450 g/mol. The highest BCUT2D eigenvalue weighted by Gasteiger charge is 2.30. The van der Waals surface area contributed by atoms with Gasteiger partial charge in [0, 0.05) is 25.7 Å². The molecule has 0 bridgehead atoms. The van der Waals surface area contributed by atoms with Crippen LogP contribution in [0.3, 0.4) is 0 Å². The lowest BCUT2D eigenvalue weighted by molar-refractivity contribution is -0.161. The number of unbranched alkanes of at least 4 members (excludes halogenated alkanes) is 38. The first-order valence-corrected chi connectivity index (χ1v) is 43.2. The van der Waals surface area contributed by atoms with Crippen molar-refractivity contribution in [2.24, 2.45) is 0 Å². The third kappa shape index (κ3) is 72.8. The Hall–Kier alpha value is -3.50. The van der Waals surface area contributed by atoms with Crippen molar-refractivity contribution in [2.75, 3.05) is 39.6 Å². The minimum Gasteiger partial charge on any atom is -0.462 e. The molecule has 4 atom stereocenters. The number of rotatable bonds is 76. The van der Waals surface area contributed by atoms with Gasteiger partial charge in [-0.3, -0.25) is 37.3 Å². The zero-order valence-electron chi connectivity index (χ0n) is 63.6. The molecule has 0 aliphatic carbocycles. The quantitative estimate of drug-likeness (QED) is 0.0169. The molecular weight excluding hydrogens is 1310 g/mol. The van der Waals surface area contributed by atoms with Crippen molar-refractivity contribution < 1.29 is 80.2 Å². The van der Waals surface area contributed by atoms with Gasteiger partial charge in [0.05, 0.1) is 26.4 Å². The number of carbonyl (C=O) groups excluding carboxylic acids is 4. The fourth-order valence-electron chi connectivity index (χ4n) is 10.9. The molecule has 0 saturated carbocycles. The largest absolute Gasteiger partial charge is 0.472 e. The maximum absolute atomic E-state index is 13.1. The van der Waals surface area contributed by atoms with Crippen molar-refractivity contribution in [2.45, 2.75) is 380 Å². The van der Waals surface area contributed by atoms with Gasteiger partial charge in [0.15, 0.2) is 12.2 Å². The van der Waals surface area contributed by atoms with Gasteiger partial charge in [-0.1, -0.05) is 268 Å². The molecule has 0 aromatic carbocycles. The Bertz CT molecular complexity index is 2030. The molecule has 0 spiro atoms. The summed E-state index contributed by atoms with van der Waals surface area (Å²) in [5.74, 6) is -2.19. The van der Waals surface area contributed by atoms with Crippen LogP contribution in [0.5, 0.6) is 0 Å². The molecule has 0 aromatic heterocycles. The van der Waals surface area contributed by atoms with Crippen molar-refractivity contribution >= 4 is 39.5 Å². The van der Waals surface area contributed by atoms with Crippen molar-refractivity contribution in [3.8, 4) is 0 Å². The van der Waals surface area contributed by atoms with Crippen molar-refractivity contribution in [3.05, 3.63) is 72.9 Å². The van der Waals surface area contributed by atoms with Crippen molar-refractivity contribution in [1.82, 2.24) is 0 Å². The monoisotopic (exact) mass is 1450 g/mol. The smallest absolute Gasteiger partial charge is 0.462 e. The number of ether oxygens (including phenoxy) is 4. The van der Waals surface area contributed by atoms with Crippen LogP contribution in [0.2, 0.25) is 0 Å². The maximum atomic E-state index is 13.1. The topological polar surface area (TPSA) is 237 Å². The molecule has 100 heavy (non-hydrogen) atoms. The summed E-state index contributed by atoms with van der Waals surface area (Å²) in [7, 11) is -9.95. The van der Waals surface area contributed by atoms with Gasteiger partial charge < -0.3 is 33.8 Å². The average Bonchev–Trinajstić information content (AvgIpc) is 1.01. The Labute approximate surface area is 609 Å². The number of esters is 4. The molecule has 19 heteroatoms. The first-order chi connectivity index (χ1) is 48.7. The van der Waals surface area contributed by atoms with Gasteiger partial charge in [-0.25, -0.2) is 9.13 Å². The highest BCUT2D eigenvalue weighted by molar-refractivity contribution is 7.47. The Morgan fingerprint density at radius 1 is 0.280 bits per heavy atom. The standard InChI is InChI=1S/C81H146O17P2/c1-5-9-13-17-21-25-29-33-37-41-45-49-53-57-61-65-78(83)91-71-76(97-80(85)67-63-59-55-51-47-43-39-35-31-27-23-19-15-11-7-3)73-95-99(87,88)93-69-75(82)70-94-100(89,90)96-74-77(98-81(86)68-64-60-56-52-48-44-40-36-32-28-24-20-16-12-8-4)72-92-79(84)66-62-58-54-50-46-42-38-34-30-26-22-18-14-10-6-2/h21-22,25-28,31-34,37-38,75-77,82H,5-20,23-24,29-30,35-36,39-74H2,1-4H3,(H,87,88)(H,89,90)/b25-21-,26-22-,31-27-,32-28-,37-33-,38-34-/t76-,77-/m1/s1. The SMILES string of the molecule is CCCCC/C=C\C/C=C\CCCCCCCC(=O)OC[C@H](COP(=O)(O)OCC(O)COP(=O)(O)OC[C@@H](COC(=O)CCCCCCC/C=C\C/C=C\CCCCC)OC(=O)CCCCCCCCC/C=C\CCCCCC)OC(=O)CCCCCCCCC/C=C\CCCCCC. The summed E-state index contributed by atoms with van der Waals surface area (Å²) >= 11 is 0. The first kappa shape index (κ1) is 96.5. The van der Waals surface area contributed by atoms with Gasteiger partial charge in [0.1, 0.15) is 19.3 Å². The van der Waals surface area contributed by atoms with E-state index in [-0.39, 0.29) is 25.7 Å². The molecule has 582 valence electrons. The van der Waals surface area contributed by atoms with E-state index >= 15 is 0 Å². The molecule has 0 radical (unpaired) electrons. The number of carbonyl (C=O) groups is 4. The molecule has 0 fully saturated rings. The third-order valence-electron chi connectivity index (χ3n) is 17.1. The van der Waals surface area contributed by atoms with E-state index in [1.54, 1.807) is 0 Å². The molecule has 3 N–H and O–H groups in total. The zero-order chi connectivity index (χ0) is 73.2. The van der Waals surface area contributed by atoms with E-state index in [1.807, 2.05) is 0 Å². The summed E-state index contributed by atoms with van der Waals surface area (Å²) < 4.78 is 68.6. The molecule has 0 aromatic rings. The Balaban J connectivity index is 5.36. The second-order valence-corrected chi connectivity index (χ2v) is 29.9. The normalized spacial score (nSPS) is 14.3. The molecule has 0 aliphatic rings. The summed E-state index contributed by atoms with van der Waals surface area (Å²) in [4.78, 5) is 73.0. The molecule has 0 heterocycles. The third-order valence-corrected chi connectivity index (χ3v) is 19.0. The van der Waals surface area contributed by atoms with Crippen LogP contribution in [0.15, 0.2) is 72.9 Å². The van der Waals surface area contributed by atoms with E-state index < -0.39 is 97.5 Å². The molecule has 0 aliphatic heterocycles. The lowest BCUT2D eigenvalue weighted by Gasteiger charge is -2.21. The number of phosphoric ester groups is 2. The number of allylic oxidation sites excluding steroid dienone is 12. The minimum absolute atomic E-state index is 0.0894. The zero-order valence-corrected chi connectivity index (χ0v) is 65.4. The number of aliphatic hydroxyl groups excluding tert-OH is 1. The van der Waals surface area contributed by atoms with Gasteiger partial charge in [-0.05, 0) is 141 Å². The lowest BCUT2D eigenvalue weighted by atomic mass is 10.1. The van der Waals surface area contributed by atoms with Crippen LogP contribution in [-0.2, 0) is 65.4 Å². The summed E-state index contributed by atoms with van der Waals surface area (Å²) in [5.41, 5.74) is 0. The predicted molar refractivity (Wildman–Crippen MR) is 409 cm³/mol. The van der Waals surface area contributed by atoms with Crippen LogP contribution >= 0.6 is 15.6 Å². The van der Waals surface area contributed by atoms with Crippen LogP contribution < -0.4 is 0 Å². The second kappa shape index (κ2) is 73.8. The summed E-state index contributed by atoms with van der Waals surface area (Å²) in [5, 5.41) is 10.6.